The lowest BCUT2D eigenvalue weighted by molar-refractivity contribution is -0.114. The van der Waals surface area contributed by atoms with Crippen molar-refractivity contribution in [2.75, 3.05) is 22.9 Å². The van der Waals surface area contributed by atoms with Gasteiger partial charge in [0.1, 0.15) is 0 Å². The summed E-state index contributed by atoms with van der Waals surface area (Å²) < 4.78 is 0. The van der Waals surface area contributed by atoms with Crippen molar-refractivity contribution in [1.29, 1.82) is 5.26 Å². The molecule has 2 rings (SSSR count). The summed E-state index contributed by atoms with van der Waals surface area (Å²) in [4.78, 5) is 12.9. The van der Waals surface area contributed by atoms with E-state index < -0.39 is 0 Å². The van der Waals surface area contributed by atoms with Crippen LogP contribution < -0.4 is 10.6 Å². The molecule has 0 aliphatic heterocycles. The number of thioether (sulfide) groups is 1. The van der Waals surface area contributed by atoms with Gasteiger partial charge >= 0.3 is 0 Å². The molecule has 0 aliphatic rings. The lowest BCUT2D eigenvalue weighted by Crippen LogP contribution is -2.22. The van der Waals surface area contributed by atoms with Crippen LogP contribution in [0, 0.1) is 11.3 Å². The quantitative estimate of drug-likeness (QED) is 0.785. The standard InChI is InChI=1S/C16H14ClN3OS/c17-12-5-1-2-6-13(12)19-11-16(21)20-14-7-3-4-8-15(14)22-10-9-18/h1-8,19H,10-11H2,(H,20,21). The highest BCUT2D eigenvalue weighted by Gasteiger charge is 2.07. The summed E-state index contributed by atoms with van der Waals surface area (Å²) in [5.41, 5.74) is 1.42. The van der Waals surface area contributed by atoms with Crippen LogP contribution in [0.5, 0.6) is 0 Å². The Kier molecular flexibility index (Phi) is 6.13. The van der Waals surface area contributed by atoms with Gasteiger partial charge in [-0.05, 0) is 24.3 Å². The van der Waals surface area contributed by atoms with Crippen molar-refractivity contribution >= 4 is 40.6 Å². The molecule has 0 heterocycles. The van der Waals surface area contributed by atoms with Crippen molar-refractivity contribution in [2.24, 2.45) is 0 Å². The average molecular weight is 332 g/mol. The van der Waals surface area contributed by atoms with Crippen molar-refractivity contribution in [2.45, 2.75) is 4.90 Å². The van der Waals surface area contributed by atoms with E-state index in [4.69, 9.17) is 16.9 Å². The molecule has 0 radical (unpaired) electrons. The smallest absolute Gasteiger partial charge is 0.243 e. The van der Waals surface area contributed by atoms with E-state index >= 15 is 0 Å². The average Bonchev–Trinajstić information content (AvgIpc) is 2.53. The van der Waals surface area contributed by atoms with Crippen molar-refractivity contribution in [3.8, 4) is 6.07 Å². The Morgan fingerprint density at radius 1 is 1.14 bits per heavy atom. The van der Waals surface area contributed by atoms with E-state index in [-0.39, 0.29) is 12.5 Å². The SMILES string of the molecule is N#CCSc1ccccc1NC(=O)CNc1ccccc1Cl. The fourth-order valence-electron chi connectivity index (χ4n) is 1.78. The summed E-state index contributed by atoms with van der Waals surface area (Å²) in [6, 6.07) is 16.7. The van der Waals surface area contributed by atoms with Gasteiger partial charge in [-0.15, -0.1) is 11.8 Å². The molecule has 0 aromatic heterocycles. The maximum atomic E-state index is 12.0. The van der Waals surface area contributed by atoms with E-state index in [0.29, 0.717) is 22.2 Å². The van der Waals surface area contributed by atoms with Crippen LogP contribution in [0.15, 0.2) is 53.4 Å². The normalized spacial score (nSPS) is 9.82. The Morgan fingerprint density at radius 3 is 2.55 bits per heavy atom. The van der Waals surface area contributed by atoms with Gasteiger partial charge in [-0.3, -0.25) is 4.79 Å². The summed E-state index contributed by atoms with van der Waals surface area (Å²) in [7, 11) is 0. The minimum Gasteiger partial charge on any atom is -0.375 e. The molecule has 2 N–H and O–H groups in total. The summed E-state index contributed by atoms with van der Waals surface area (Å²) >= 11 is 7.41. The van der Waals surface area contributed by atoms with Crippen molar-refractivity contribution in [1.82, 2.24) is 0 Å². The molecule has 0 unspecified atom stereocenters. The zero-order chi connectivity index (χ0) is 15.8. The van der Waals surface area contributed by atoms with Gasteiger partial charge in [-0.25, -0.2) is 0 Å². The largest absolute Gasteiger partial charge is 0.375 e. The van der Waals surface area contributed by atoms with Gasteiger partial charge in [0.15, 0.2) is 0 Å². The third-order valence-electron chi connectivity index (χ3n) is 2.77. The highest BCUT2D eigenvalue weighted by atomic mass is 35.5. The van der Waals surface area contributed by atoms with Crippen LogP contribution >= 0.6 is 23.4 Å². The van der Waals surface area contributed by atoms with E-state index in [0.717, 1.165) is 4.90 Å². The van der Waals surface area contributed by atoms with E-state index in [1.54, 1.807) is 6.07 Å². The van der Waals surface area contributed by atoms with Crippen LogP contribution in [0.25, 0.3) is 0 Å². The number of carbonyl (C=O) groups is 1. The highest BCUT2D eigenvalue weighted by molar-refractivity contribution is 7.99. The molecule has 1 amide bonds. The predicted octanol–water partition coefficient (Wildman–Crippen LogP) is 4.01. The molecule has 6 heteroatoms. The molecule has 2 aromatic rings. The van der Waals surface area contributed by atoms with Gasteiger partial charge in [-0.1, -0.05) is 35.9 Å². The Morgan fingerprint density at radius 2 is 1.82 bits per heavy atom. The maximum Gasteiger partial charge on any atom is 0.243 e. The minimum atomic E-state index is -0.176. The molecule has 0 fully saturated rings. The number of para-hydroxylation sites is 2. The number of carbonyl (C=O) groups excluding carboxylic acids is 1. The molecule has 0 atom stereocenters. The van der Waals surface area contributed by atoms with Crippen molar-refractivity contribution in [3.63, 3.8) is 0 Å². The number of halogens is 1. The number of nitriles is 1. The fraction of sp³-hybridized carbons (Fsp3) is 0.125. The van der Waals surface area contributed by atoms with Crippen LogP contribution in [0.1, 0.15) is 0 Å². The molecule has 112 valence electrons. The molecule has 22 heavy (non-hydrogen) atoms. The number of amides is 1. The molecule has 0 bridgehead atoms. The lowest BCUT2D eigenvalue weighted by atomic mass is 10.3. The zero-order valence-corrected chi connectivity index (χ0v) is 13.2. The third-order valence-corrected chi connectivity index (χ3v) is 4.04. The number of anilines is 2. The maximum absolute atomic E-state index is 12.0. The van der Waals surface area contributed by atoms with E-state index in [9.17, 15) is 4.79 Å². The van der Waals surface area contributed by atoms with Crippen LogP contribution in [-0.2, 0) is 4.79 Å². The van der Waals surface area contributed by atoms with Gasteiger partial charge in [-0.2, -0.15) is 5.26 Å². The van der Waals surface area contributed by atoms with Gasteiger partial charge in [0.05, 0.1) is 34.8 Å². The fourth-order valence-corrected chi connectivity index (χ4v) is 2.65. The summed E-state index contributed by atoms with van der Waals surface area (Å²) in [5, 5.41) is 15.1. The number of nitrogens with one attached hydrogen (secondary N) is 2. The first kappa shape index (κ1) is 16.2. The zero-order valence-electron chi connectivity index (χ0n) is 11.7. The van der Waals surface area contributed by atoms with Crippen LogP contribution in [0.4, 0.5) is 11.4 Å². The summed E-state index contributed by atoms with van der Waals surface area (Å²) in [6.07, 6.45) is 0. The second kappa shape index (κ2) is 8.32. The first-order valence-electron chi connectivity index (χ1n) is 6.57. The monoisotopic (exact) mass is 331 g/mol. The number of hydrogen-bond donors (Lipinski definition) is 2. The van der Waals surface area contributed by atoms with E-state index in [2.05, 4.69) is 16.7 Å². The van der Waals surface area contributed by atoms with Crippen LogP contribution in [0.3, 0.4) is 0 Å². The summed E-state index contributed by atoms with van der Waals surface area (Å²) in [6.45, 7) is 0.112. The molecular formula is C16H14ClN3OS. The second-order valence-electron chi connectivity index (χ2n) is 4.32. The summed E-state index contributed by atoms with van der Waals surface area (Å²) in [5.74, 6) is 0.162. The number of rotatable bonds is 6. The van der Waals surface area contributed by atoms with Gasteiger partial charge in [0, 0.05) is 4.90 Å². The Balaban J connectivity index is 1.95. The Bertz CT molecular complexity index is 700. The molecule has 2 aromatic carbocycles. The van der Waals surface area contributed by atoms with Crippen LogP contribution in [0.2, 0.25) is 5.02 Å². The van der Waals surface area contributed by atoms with Crippen molar-refractivity contribution in [3.05, 3.63) is 53.6 Å². The molecule has 0 saturated carbocycles. The topological polar surface area (TPSA) is 64.9 Å². The minimum absolute atomic E-state index is 0.112. The lowest BCUT2D eigenvalue weighted by Gasteiger charge is -2.11. The number of hydrogen-bond acceptors (Lipinski definition) is 4. The molecular weight excluding hydrogens is 318 g/mol. The first-order valence-corrected chi connectivity index (χ1v) is 7.94. The number of nitrogens with zero attached hydrogens (tertiary/aromatic N) is 1. The van der Waals surface area contributed by atoms with E-state index in [1.807, 2.05) is 42.5 Å². The molecule has 0 aliphatic carbocycles. The molecule has 4 nitrogen and oxygen atoms in total. The molecule has 0 spiro atoms. The van der Waals surface area contributed by atoms with E-state index in [1.165, 1.54) is 11.8 Å². The second-order valence-corrected chi connectivity index (χ2v) is 5.75. The van der Waals surface area contributed by atoms with Crippen molar-refractivity contribution < 1.29 is 4.79 Å². The Hall–Kier alpha value is -2.16. The van der Waals surface area contributed by atoms with Gasteiger partial charge < -0.3 is 10.6 Å². The highest BCUT2D eigenvalue weighted by Crippen LogP contribution is 2.26. The number of benzene rings is 2. The first-order chi connectivity index (χ1) is 10.7. The molecule has 0 saturated heterocycles. The van der Waals surface area contributed by atoms with Crippen LogP contribution in [-0.4, -0.2) is 18.2 Å². The van der Waals surface area contributed by atoms with Gasteiger partial charge in [0.25, 0.3) is 0 Å². The predicted molar refractivity (Wildman–Crippen MR) is 91.4 cm³/mol. The third kappa shape index (κ3) is 4.69. The Labute approximate surface area is 138 Å². The van der Waals surface area contributed by atoms with Gasteiger partial charge in [0.2, 0.25) is 5.91 Å².